The van der Waals surface area contributed by atoms with Crippen molar-refractivity contribution < 1.29 is 24.2 Å². The number of phenolic OH excluding ortho intramolecular Hbond substituents is 1. The van der Waals surface area contributed by atoms with Crippen LogP contribution in [0.15, 0.2) is 54.9 Å². The summed E-state index contributed by atoms with van der Waals surface area (Å²) in [6.45, 7) is 5.88. The van der Waals surface area contributed by atoms with Gasteiger partial charge in [-0.3, -0.25) is 14.5 Å². The summed E-state index contributed by atoms with van der Waals surface area (Å²) in [5, 5.41) is 15.8. The van der Waals surface area contributed by atoms with Crippen LogP contribution >= 0.6 is 0 Å². The third kappa shape index (κ3) is 6.83. The maximum absolute atomic E-state index is 13.1. The molecule has 1 aliphatic heterocycles. The third-order valence-electron chi connectivity index (χ3n) is 6.40. The number of nitrogens with one attached hydrogen (secondary N) is 2. The van der Waals surface area contributed by atoms with E-state index in [1.54, 1.807) is 31.5 Å². The molecule has 0 unspecified atom stereocenters. The highest BCUT2D eigenvalue weighted by molar-refractivity contribution is 5.88. The Kier molecular flexibility index (Phi) is 8.85. The highest BCUT2D eigenvalue weighted by atomic mass is 16.5. The van der Waals surface area contributed by atoms with Crippen LogP contribution < -0.4 is 20.1 Å². The Bertz CT molecular complexity index is 1260. The molecule has 38 heavy (non-hydrogen) atoms. The van der Waals surface area contributed by atoms with Gasteiger partial charge in [-0.25, -0.2) is 4.98 Å². The van der Waals surface area contributed by atoms with Crippen LogP contribution in [0.1, 0.15) is 19.4 Å². The first-order valence-electron chi connectivity index (χ1n) is 12.7. The molecule has 0 saturated carbocycles. The van der Waals surface area contributed by atoms with Gasteiger partial charge >= 0.3 is 0 Å². The summed E-state index contributed by atoms with van der Waals surface area (Å²) < 4.78 is 13.6. The summed E-state index contributed by atoms with van der Waals surface area (Å²) in [7, 11) is 1.59. The number of nitrogens with zero attached hydrogens (tertiary/aromatic N) is 3. The predicted octanol–water partition coefficient (Wildman–Crippen LogP) is 2.42. The zero-order valence-electron chi connectivity index (χ0n) is 22.0. The van der Waals surface area contributed by atoms with Crippen molar-refractivity contribution >= 4 is 11.8 Å². The first-order valence-corrected chi connectivity index (χ1v) is 12.7. The number of carbonyl (C=O) groups excluding carboxylic acids is 2. The maximum Gasteiger partial charge on any atom is 0.242 e. The molecule has 2 amide bonds. The molecule has 0 aliphatic carbocycles. The van der Waals surface area contributed by atoms with E-state index in [1.807, 2.05) is 53.8 Å². The summed E-state index contributed by atoms with van der Waals surface area (Å²) in [6, 6.07) is 11.9. The molecule has 0 saturated heterocycles. The van der Waals surface area contributed by atoms with Crippen LogP contribution in [0, 0.1) is 5.92 Å². The number of aromatic hydroxyl groups is 1. The molecule has 0 spiro atoms. The second-order valence-electron chi connectivity index (χ2n) is 9.62. The smallest absolute Gasteiger partial charge is 0.242 e. The highest BCUT2D eigenvalue weighted by Gasteiger charge is 2.25. The second kappa shape index (κ2) is 12.5. The molecule has 0 fully saturated rings. The van der Waals surface area contributed by atoms with Crippen molar-refractivity contribution in [3.63, 3.8) is 0 Å². The fourth-order valence-corrected chi connectivity index (χ4v) is 4.46. The van der Waals surface area contributed by atoms with E-state index in [9.17, 15) is 14.7 Å². The summed E-state index contributed by atoms with van der Waals surface area (Å²) in [5.41, 5.74) is 1.71. The minimum atomic E-state index is -0.668. The number of hydrogen-bond donors (Lipinski definition) is 3. The largest absolute Gasteiger partial charge is 0.508 e. The standard InChI is InChI=1S/C28H35N5O5/c1-19(2)26-28(36)30-10-12-33-11-9-29-27(33)21-7-8-23(37-3)24(16-21)38-14-13-32(18-25(35)31-26)17-20-5-4-6-22(34)15-20/h4-9,11,15-16,19,26,34H,10,12-14,17-18H2,1-3H3,(H,30,36)(H,31,35)/t26-/m1/s1. The molecule has 3 aromatic rings. The topological polar surface area (TPSA) is 118 Å². The summed E-state index contributed by atoms with van der Waals surface area (Å²) in [4.78, 5) is 32.5. The van der Waals surface area contributed by atoms with Crippen molar-refractivity contribution in [1.82, 2.24) is 25.1 Å². The molecule has 10 nitrogen and oxygen atoms in total. The Balaban J connectivity index is 1.63. The van der Waals surface area contributed by atoms with Crippen LogP contribution in [0.5, 0.6) is 17.2 Å². The van der Waals surface area contributed by atoms with Crippen LogP contribution in [0.3, 0.4) is 0 Å². The van der Waals surface area contributed by atoms with Gasteiger partial charge in [0, 0.05) is 44.1 Å². The summed E-state index contributed by atoms with van der Waals surface area (Å²) in [5.74, 6) is 1.48. The van der Waals surface area contributed by atoms with Crippen molar-refractivity contribution in [2.45, 2.75) is 33.0 Å². The lowest BCUT2D eigenvalue weighted by molar-refractivity contribution is -0.130. The van der Waals surface area contributed by atoms with Crippen LogP contribution in [0.2, 0.25) is 0 Å². The SMILES string of the molecule is COc1ccc2cc1OCCN(Cc1cccc(O)c1)CC(=O)N[C@H](C(C)C)C(=O)NCCn1ccnc1-2. The normalized spacial score (nSPS) is 17.6. The van der Waals surface area contributed by atoms with Crippen LogP contribution in [-0.2, 0) is 22.7 Å². The highest BCUT2D eigenvalue weighted by Crippen LogP contribution is 2.32. The van der Waals surface area contributed by atoms with Crippen molar-refractivity contribution in [3.05, 3.63) is 60.4 Å². The fourth-order valence-electron chi connectivity index (χ4n) is 4.46. The van der Waals surface area contributed by atoms with Gasteiger partial charge in [0.1, 0.15) is 24.2 Å². The first kappa shape index (κ1) is 27.0. The lowest BCUT2D eigenvalue weighted by Crippen LogP contribution is -2.52. The molecule has 2 bridgehead atoms. The van der Waals surface area contributed by atoms with E-state index >= 15 is 0 Å². The monoisotopic (exact) mass is 521 g/mol. The molecule has 3 N–H and O–H groups in total. The molecule has 2 aromatic carbocycles. The maximum atomic E-state index is 13.1. The number of phenols is 1. The molecule has 10 heteroatoms. The third-order valence-corrected chi connectivity index (χ3v) is 6.40. The fraction of sp³-hybridized carbons (Fsp3) is 0.393. The van der Waals surface area contributed by atoms with E-state index in [2.05, 4.69) is 15.6 Å². The minimum Gasteiger partial charge on any atom is -0.508 e. The molecular formula is C28H35N5O5. The zero-order valence-corrected chi connectivity index (χ0v) is 22.0. The lowest BCUT2D eigenvalue weighted by Gasteiger charge is -2.25. The number of hydrogen-bond acceptors (Lipinski definition) is 7. The summed E-state index contributed by atoms with van der Waals surface area (Å²) >= 11 is 0. The minimum absolute atomic E-state index is 0.0576. The number of methoxy groups -OCH3 is 1. The van der Waals surface area contributed by atoms with E-state index < -0.39 is 6.04 Å². The molecule has 2 heterocycles. The van der Waals surface area contributed by atoms with Gasteiger partial charge in [0.15, 0.2) is 11.5 Å². The molecule has 1 aliphatic rings. The Morgan fingerprint density at radius 3 is 2.79 bits per heavy atom. The van der Waals surface area contributed by atoms with Gasteiger partial charge in [0.2, 0.25) is 11.8 Å². The lowest BCUT2D eigenvalue weighted by atomic mass is 10.0. The Morgan fingerprint density at radius 1 is 1.18 bits per heavy atom. The van der Waals surface area contributed by atoms with E-state index in [0.29, 0.717) is 37.7 Å². The molecule has 0 radical (unpaired) electrons. The Hall–Kier alpha value is -4.05. The van der Waals surface area contributed by atoms with Gasteiger partial charge < -0.3 is 29.8 Å². The van der Waals surface area contributed by atoms with Crippen molar-refractivity contribution in [3.8, 4) is 28.6 Å². The van der Waals surface area contributed by atoms with Gasteiger partial charge in [-0.1, -0.05) is 26.0 Å². The molecule has 1 atom stereocenters. The number of rotatable bonds is 4. The number of fused-ring (bicyclic) bond motifs is 4. The zero-order chi connectivity index (χ0) is 27.1. The van der Waals surface area contributed by atoms with Crippen LogP contribution in [0.4, 0.5) is 0 Å². The molecule has 202 valence electrons. The van der Waals surface area contributed by atoms with Crippen LogP contribution in [-0.4, -0.2) is 70.8 Å². The number of imidazole rings is 1. The van der Waals surface area contributed by atoms with E-state index in [4.69, 9.17) is 9.47 Å². The number of benzene rings is 2. The number of aromatic nitrogens is 2. The van der Waals surface area contributed by atoms with Crippen molar-refractivity contribution in [2.75, 3.05) is 33.4 Å². The van der Waals surface area contributed by atoms with E-state index in [-0.39, 0.29) is 36.6 Å². The Morgan fingerprint density at radius 2 is 2.03 bits per heavy atom. The average molecular weight is 522 g/mol. The predicted molar refractivity (Wildman–Crippen MR) is 143 cm³/mol. The average Bonchev–Trinajstić information content (AvgIpc) is 3.35. The summed E-state index contributed by atoms with van der Waals surface area (Å²) in [6.07, 6.45) is 3.58. The van der Waals surface area contributed by atoms with E-state index in [1.165, 1.54) is 0 Å². The van der Waals surface area contributed by atoms with Crippen molar-refractivity contribution in [1.29, 1.82) is 0 Å². The second-order valence-corrected chi connectivity index (χ2v) is 9.62. The molecular weight excluding hydrogens is 486 g/mol. The quantitative estimate of drug-likeness (QED) is 0.483. The Labute approximate surface area is 222 Å². The number of carbonyl (C=O) groups is 2. The van der Waals surface area contributed by atoms with E-state index in [0.717, 1.165) is 17.0 Å². The van der Waals surface area contributed by atoms with Gasteiger partial charge in [-0.05, 0) is 41.8 Å². The number of amides is 2. The molecule has 1 aromatic heterocycles. The number of ether oxygens (including phenoxy) is 2. The van der Waals surface area contributed by atoms with Gasteiger partial charge in [0.25, 0.3) is 0 Å². The van der Waals surface area contributed by atoms with Gasteiger partial charge in [0.05, 0.1) is 13.7 Å². The van der Waals surface area contributed by atoms with Gasteiger partial charge in [-0.15, -0.1) is 0 Å². The van der Waals surface area contributed by atoms with Crippen LogP contribution in [0.25, 0.3) is 11.4 Å². The van der Waals surface area contributed by atoms with Crippen molar-refractivity contribution in [2.24, 2.45) is 5.92 Å². The van der Waals surface area contributed by atoms with Gasteiger partial charge in [-0.2, -0.15) is 0 Å². The first-order chi connectivity index (χ1) is 18.3. The molecule has 4 rings (SSSR count).